The monoisotopic (exact) mass is 357 g/mol. The van der Waals surface area contributed by atoms with E-state index in [0.29, 0.717) is 21.3 Å². The van der Waals surface area contributed by atoms with Crippen molar-refractivity contribution < 1.29 is 12.8 Å². The van der Waals surface area contributed by atoms with Crippen LogP contribution in [0.3, 0.4) is 0 Å². The third kappa shape index (κ3) is 3.02. The van der Waals surface area contributed by atoms with Gasteiger partial charge in [-0.2, -0.15) is 0 Å². The predicted molar refractivity (Wildman–Crippen MR) is 80.6 cm³/mol. The highest BCUT2D eigenvalue weighted by Crippen LogP contribution is 2.27. The van der Waals surface area contributed by atoms with E-state index in [4.69, 9.17) is 5.73 Å². The lowest BCUT2D eigenvalue weighted by molar-refractivity contribution is 0.594. The highest BCUT2D eigenvalue weighted by Gasteiger charge is 2.20. The van der Waals surface area contributed by atoms with Gasteiger partial charge in [-0.15, -0.1) is 0 Å². The minimum atomic E-state index is -3.53. The van der Waals surface area contributed by atoms with Gasteiger partial charge in [0.15, 0.2) is 9.84 Å². The molecular weight excluding hydrogens is 345 g/mol. The molecule has 3 nitrogen and oxygen atoms in total. The van der Waals surface area contributed by atoms with E-state index in [9.17, 15) is 12.8 Å². The minimum absolute atomic E-state index is 0.203. The highest BCUT2D eigenvalue weighted by molar-refractivity contribution is 9.10. The number of rotatable bonds is 3. The van der Waals surface area contributed by atoms with Crippen LogP contribution < -0.4 is 5.73 Å². The molecule has 0 atom stereocenters. The second-order valence-electron chi connectivity index (χ2n) is 4.47. The molecule has 0 bridgehead atoms. The van der Waals surface area contributed by atoms with E-state index in [1.165, 1.54) is 24.3 Å². The largest absolute Gasteiger partial charge is 0.398 e. The lowest BCUT2D eigenvalue weighted by Crippen LogP contribution is -2.08. The average molecular weight is 358 g/mol. The van der Waals surface area contributed by atoms with Crippen molar-refractivity contribution in [2.45, 2.75) is 17.6 Å². The molecular formula is C14H13BrFNO2S. The van der Waals surface area contributed by atoms with Gasteiger partial charge in [0.1, 0.15) is 5.82 Å². The highest BCUT2D eigenvalue weighted by atomic mass is 79.9. The summed E-state index contributed by atoms with van der Waals surface area (Å²) in [5.74, 6) is -0.629. The van der Waals surface area contributed by atoms with Gasteiger partial charge in [0.25, 0.3) is 0 Å². The van der Waals surface area contributed by atoms with E-state index in [1.54, 1.807) is 19.1 Å². The predicted octanol–water partition coefficient (Wildman–Crippen LogP) is 3.45. The summed E-state index contributed by atoms with van der Waals surface area (Å²) in [5.41, 5.74) is 7.21. The smallest absolute Gasteiger partial charge is 0.182 e. The Morgan fingerprint density at radius 3 is 2.60 bits per heavy atom. The summed E-state index contributed by atoms with van der Waals surface area (Å²) in [5, 5.41) is 0. The lowest BCUT2D eigenvalue weighted by atomic mass is 10.2. The molecule has 0 saturated carbocycles. The third-order valence-corrected chi connectivity index (χ3v) is 5.56. The molecule has 2 rings (SSSR count). The Bertz CT molecular complexity index is 760. The van der Waals surface area contributed by atoms with E-state index in [2.05, 4.69) is 15.9 Å². The number of hydrogen-bond acceptors (Lipinski definition) is 3. The second kappa shape index (κ2) is 5.54. The van der Waals surface area contributed by atoms with Crippen molar-refractivity contribution >= 4 is 31.5 Å². The molecule has 2 N–H and O–H groups in total. The number of nitrogen functional groups attached to an aromatic ring is 1. The van der Waals surface area contributed by atoms with Gasteiger partial charge >= 0.3 is 0 Å². The Morgan fingerprint density at radius 1 is 1.25 bits per heavy atom. The number of nitrogens with two attached hydrogens (primary N) is 1. The van der Waals surface area contributed by atoms with Crippen LogP contribution in [0.2, 0.25) is 0 Å². The molecule has 0 aliphatic heterocycles. The van der Waals surface area contributed by atoms with Crippen molar-refractivity contribution in [2.75, 3.05) is 5.73 Å². The zero-order chi connectivity index (χ0) is 14.9. The molecule has 0 spiro atoms. The Hall–Kier alpha value is -1.40. The first-order valence-corrected chi connectivity index (χ1v) is 8.27. The van der Waals surface area contributed by atoms with Gasteiger partial charge in [-0.1, -0.05) is 28.1 Å². The van der Waals surface area contributed by atoms with Gasteiger partial charge in [-0.25, -0.2) is 12.8 Å². The third-order valence-electron chi connectivity index (χ3n) is 3.02. The summed E-state index contributed by atoms with van der Waals surface area (Å²) in [4.78, 5) is 0.203. The fourth-order valence-electron chi connectivity index (χ4n) is 1.89. The molecule has 106 valence electrons. The van der Waals surface area contributed by atoms with E-state index in [1.807, 2.05) is 0 Å². The Labute approximate surface area is 125 Å². The van der Waals surface area contributed by atoms with Gasteiger partial charge in [0, 0.05) is 10.2 Å². The average Bonchev–Trinajstić information content (AvgIpc) is 2.36. The first kappa shape index (κ1) is 15.0. The summed E-state index contributed by atoms with van der Waals surface area (Å²) < 4.78 is 38.3. The molecule has 2 aromatic rings. The number of hydrogen-bond donors (Lipinski definition) is 1. The Kier molecular flexibility index (Phi) is 4.15. The van der Waals surface area contributed by atoms with Crippen LogP contribution in [0, 0.1) is 12.7 Å². The van der Waals surface area contributed by atoms with Gasteiger partial charge in [0.05, 0.1) is 10.6 Å². The number of halogens is 2. The van der Waals surface area contributed by atoms with Crippen molar-refractivity contribution in [3.8, 4) is 0 Å². The van der Waals surface area contributed by atoms with E-state index >= 15 is 0 Å². The van der Waals surface area contributed by atoms with Crippen LogP contribution in [0.15, 0.2) is 45.8 Å². The molecule has 0 heterocycles. The fourth-order valence-corrected chi connectivity index (χ4v) is 4.25. The van der Waals surface area contributed by atoms with Crippen LogP contribution in [0.25, 0.3) is 0 Å². The zero-order valence-electron chi connectivity index (χ0n) is 10.7. The molecule has 0 unspecified atom stereocenters. The molecule has 0 aliphatic rings. The first-order chi connectivity index (χ1) is 9.31. The fraction of sp³-hybridized carbons (Fsp3) is 0.143. The molecule has 0 fully saturated rings. The van der Waals surface area contributed by atoms with Crippen LogP contribution in [-0.4, -0.2) is 8.42 Å². The van der Waals surface area contributed by atoms with Crippen LogP contribution in [0.1, 0.15) is 11.1 Å². The normalized spacial score (nSPS) is 11.6. The van der Waals surface area contributed by atoms with Crippen LogP contribution in [0.5, 0.6) is 0 Å². The number of benzene rings is 2. The number of anilines is 1. The summed E-state index contributed by atoms with van der Waals surface area (Å²) >= 11 is 3.18. The zero-order valence-corrected chi connectivity index (χ0v) is 13.1. The van der Waals surface area contributed by atoms with Crippen molar-refractivity contribution in [3.05, 3.63) is 57.8 Å². The van der Waals surface area contributed by atoms with Gasteiger partial charge in [0.2, 0.25) is 0 Å². The van der Waals surface area contributed by atoms with Crippen LogP contribution in [-0.2, 0) is 15.6 Å². The molecule has 0 amide bonds. The maximum atomic E-state index is 13.0. The maximum Gasteiger partial charge on any atom is 0.182 e. The molecule has 0 radical (unpaired) electrons. The van der Waals surface area contributed by atoms with E-state index < -0.39 is 15.7 Å². The van der Waals surface area contributed by atoms with E-state index in [-0.39, 0.29) is 10.6 Å². The number of sulfone groups is 1. The molecule has 20 heavy (non-hydrogen) atoms. The SMILES string of the molecule is Cc1c(N)cccc1S(=O)(=O)Cc1ccc(F)cc1Br. The van der Waals surface area contributed by atoms with Gasteiger partial charge < -0.3 is 5.73 Å². The quantitative estimate of drug-likeness (QED) is 0.855. The van der Waals surface area contributed by atoms with Crippen molar-refractivity contribution in [1.82, 2.24) is 0 Å². The minimum Gasteiger partial charge on any atom is -0.398 e. The molecule has 6 heteroatoms. The standard InChI is InChI=1S/C14H13BrFNO2S/c1-9-13(17)3-2-4-14(9)20(18,19)8-10-5-6-11(16)7-12(10)15/h2-7H,8,17H2,1H3. The van der Waals surface area contributed by atoms with Gasteiger partial charge in [-0.05, 0) is 42.3 Å². The molecule has 0 aromatic heterocycles. The molecule has 0 aliphatic carbocycles. The molecule has 0 saturated heterocycles. The second-order valence-corrected chi connectivity index (χ2v) is 7.28. The van der Waals surface area contributed by atoms with Gasteiger partial charge in [-0.3, -0.25) is 0 Å². The van der Waals surface area contributed by atoms with Crippen LogP contribution >= 0.6 is 15.9 Å². The first-order valence-electron chi connectivity index (χ1n) is 5.83. The maximum absolute atomic E-state index is 13.0. The van der Waals surface area contributed by atoms with Crippen molar-refractivity contribution in [2.24, 2.45) is 0 Å². The molecule has 2 aromatic carbocycles. The summed E-state index contributed by atoms with van der Waals surface area (Å²) in [6.07, 6.45) is 0. The summed E-state index contributed by atoms with van der Waals surface area (Å²) in [6.45, 7) is 1.67. The summed E-state index contributed by atoms with van der Waals surface area (Å²) in [7, 11) is -3.53. The summed E-state index contributed by atoms with van der Waals surface area (Å²) in [6, 6.07) is 8.73. The van der Waals surface area contributed by atoms with Crippen LogP contribution in [0.4, 0.5) is 10.1 Å². The van der Waals surface area contributed by atoms with E-state index in [0.717, 1.165) is 0 Å². The lowest BCUT2D eigenvalue weighted by Gasteiger charge is -2.10. The topological polar surface area (TPSA) is 60.2 Å². The Morgan fingerprint density at radius 2 is 1.95 bits per heavy atom. The Balaban J connectivity index is 2.44. The van der Waals surface area contributed by atoms with Crippen molar-refractivity contribution in [3.63, 3.8) is 0 Å². The van der Waals surface area contributed by atoms with Crippen molar-refractivity contribution in [1.29, 1.82) is 0 Å².